The summed E-state index contributed by atoms with van der Waals surface area (Å²) in [6.07, 6.45) is 2.85. The molecule has 84 valence electrons. The van der Waals surface area contributed by atoms with Crippen LogP contribution in [-0.2, 0) is 9.59 Å². The average Bonchev–Trinajstić information content (AvgIpc) is 2.27. The number of carbonyl (C=O) groups is 2. The zero-order valence-electron chi connectivity index (χ0n) is 8.68. The molecule has 0 atom stereocenters. The predicted octanol–water partition coefficient (Wildman–Crippen LogP) is -0.0440. The highest BCUT2D eigenvalue weighted by atomic mass is 16.4. The minimum atomic E-state index is -1.17. The van der Waals surface area contributed by atoms with E-state index in [1.54, 1.807) is 6.08 Å². The van der Waals surface area contributed by atoms with Crippen LogP contribution in [-0.4, -0.2) is 18.4 Å². The van der Waals surface area contributed by atoms with Crippen molar-refractivity contribution in [2.75, 3.05) is 6.54 Å². The molecule has 1 aromatic carbocycles. The van der Waals surface area contributed by atoms with Gasteiger partial charge in [0.2, 0.25) is 5.91 Å². The molecule has 0 aliphatic heterocycles. The zero-order chi connectivity index (χ0) is 11.8. The Bertz CT molecular complexity index is 385. The van der Waals surface area contributed by atoms with Crippen LogP contribution in [0.2, 0.25) is 0 Å². The second-order valence-corrected chi connectivity index (χ2v) is 3.16. The van der Waals surface area contributed by atoms with Gasteiger partial charge in [-0.3, -0.25) is 4.79 Å². The quantitative estimate of drug-likeness (QED) is 0.705. The van der Waals surface area contributed by atoms with Crippen LogP contribution in [0.1, 0.15) is 12.0 Å². The number of carboxylic acid groups (broad SMARTS) is 1. The molecule has 0 radical (unpaired) electrons. The fourth-order valence-electron chi connectivity index (χ4n) is 1.08. The third-order valence-electron chi connectivity index (χ3n) is 1.86. The molecule has 0 bridgehead atoms. The molecule has 1 aromatic rings. The molecule has 16 heavy (non-hydrogen) atoms. The van der Waals surface area contributed by atoms with Crippen molar-refractivity contribution in [1.82, 2.24) is 5.32 Å². The first-order valence-electron chi connectivity index (χ1n) is 4.89. The molecular weight excluding hydrogens is 206 g/mol. The zero-order valence-corrected chi connectivity index (χ0v) is 8.68. The van der Waals surface area contributed by atoms with Crippen LogP contribution in [0.5, 0.6) is 0 Å². The van der Waals surface area contributed by atoms with Crippen molar-refractivity contribution in [3.8, 4) is 0 Å². The van der Waals surface area contributed by atoms with E-state index in [0.717, 1.165) is 5.56 Å². The van der Waals surface area contributed by atoms with Gasteiger partial charge in [-0.2, -0.15) is 0 Å². The normalized spacial score (nSPS) is 10.2. The van der Waals surface area contributed by atoms with Gasteiger partial charge in [0.1, 0.15) is 0 Å². The van der Waals surface area contributed by atoms with Crippen LogP contribution in [0.3, 0.4) is 0 Å². The summed E-state index contributed by atoms with van der Waals surface area (Å²) in [7, 11) is 0. The van der Waals surface area contributed by atoms with E-state index in [1.807, 2.05) is 30.3 Å². The van der Waals surface area contributed by atoms with Gasteiger partial charge in [0.05, 0.1) is 0 Å². The lowest BCUT2D eigenvalue weighted by atomic mass is 10.2. The van der Waals surface area contributed by atoms with Gasteiger partial charge < -0.3 is 15.2 Å². The number of hydrogen-bond acceptors (Lipinski definition) is 3. The third kappa shape index (κ3) is 4.95. The number of aliphatic carboxylic acids is 1. The molecule has 4 heteroatoms. The van der Waals surface area contributed by atoms with Crippen LogP contribution in [0, 0.1) is 0 Å². The van der Waals surface area contributed by atoms with E-state index < -0.39 is 5.97 Å². The van der Waals surface area contributed by atoms with E-state index >= 15 is 0 Å². The molecule has 0 aliphatic rings. The van der Waals surface area contributed by atoms with Crippen molar-refractivity contribution >= 4 is 18.0 Å². The molecule has 1 N–H and O–H groups in total. The Hall–Kier alpha value is -2.10. The molecule has 0 heterocycles. The first-order chi connectivity index (χ1) is 7.68. The second kappa shape index (κ2) is 6.40. The Morgan fingerprint density at radius 2 is 1.94 bits per heavy atom. The monoisotopic (exact) mass is 218 g/mol. The van der Waals surface area contributed by atoms with Crippen LogP contribution < -0.4 is 10.4 Å². The number of carboxylic acids is 1. The van der Waals surface area contributed by atoms with Crippen LogP contribution >= 0.6 is 0 Å². The Labute approximate surface area is 93.6 Å². The molecule has 0 unspecified atom stereocenters. The fraction of sp³-hybridized carbons (Fsp3) is 0.167. The van der Waals surface area contributed by atoms with Gasteiger partial charge in [-0.05, 0) is 11.6 Å². The molecule has 0 fully saturated rings. The fourth-order valence-corrected chi connectivity index (χ4v) is 1.08. The Morgan fingerprint density at radius 3 is 2.56 bits per heavy atom. The molecule has 0 saturated heterocycles. The van der Waals surface area contributed by atoms with Gasteiger partial charge in [0.25, 0.3) is 0 Å². The molecule has 1 amide bonds. The molecule has 4 nitrogen and oxygen atoms in total. The van der Waals surface area contributed by atoms with Crippen molar-refractivity contribution < 1.29 is 14.7 Å². The lowest BCUT2D eigenvalue weighted by molar-refractivity contribution is -0.305. The average molecular weight is 218 g/mol. The van der Waals surface area contributed by atoms with E-state index in [0.29, 0.717) is 0 Å². The van der Waals surface area contributed by atoms with Crippen molar-refractivity contribution in [3.05, 3.63) is 42.0 Å². The second-order valence-electron chi connectivity index (χ2n) is 3.16. The Balaban J connectivity index is 2.34. The van der Waals surface area contributed by atoms with E-state index in [-0.39, 0.29) is 18.9 Å². The number of hydrogen-bond donors (Lipinski definition) is 1. The number of benzene rings is 1. The lowest BCUT2D eigenvalue weighted by Gasteiger charge is -2.02. The highest BCUT2D eigenvalue weighted by Gasteiger charge is 1.94. The van der Waals surface area contributed by atoms with Gasteiger partial charge in [-0.1, -0.05) is 30.3 Å². The first kappa shape index (κ1) is 12.0. The first-order valence-corrected chi connectivity index (χ1v) is 4.89. The molecule has 0 aromatic heterocycles. The summed E-state index contributed by atoms with van der Waals surface area (Å²) in [6.45, 7) is 0.0836. The minimum absolute atomic E-state index is 0.0836. The summed E-state index contributed by atoms with van der Waals surface area (Å²) >= 11 is 0. The molecular formula is C12H12NO3-. The summed E-state index contributed by atoms with van der Waals surface area (Å²) < 4.78 is 0. The molecule has 1 rings (SSSR count). The Kier molecular flexibility index (Phi) is 4.79. The van der Waals surface area contributed by atoms with E-state index in [9.17, 15) is 14.7 Å². The maximum atomic E-state index is 11.2. The van der Waals surface area contributed by atoms with Gasteiger partial charge in [-0.25, -0.2) is 0 Å². The van der Waals surface area contributed by atoms with Crippen LogP contribution in [0.4, 0.5) is 0 Å². The third-order valence-corrected chi connectivity index (χ3v) is 1.86. The number of carbonyl (C=O) groups excluding carboxylic acids is 2. The van der Waals surface area contributed by atoms with Crippen molar-refractivity contribution in [3.63, 3.8) is 0 Å². The summed E-state index contributed by atoms with van der Waals surface area (Å²) in [5.41, 5.74) is 0.914. The van der Waals surface area contributed by atoms with E-state index in [4.69, 9.17) is 0 Å². The van der Waals surface area contributed by atoms with E-state index in [2.05, 4.69) is 5.32 Å². The summed E-state index contributed by atoms with van der Waals surface area (Å²) in [5, 5.41) is 12.5. The smallest absolute Gasteiger partial charge is 0.244 e. The number of rotatable bonds is 5. The van der Waals surface area contributed by atoms with Crippen LogP contribution in [0.15, 0.2) is 36.4 Å². The van der Waals surface area contributed by atoms with Crippen molar-refractivity contribution in [1.29, 1.82) is 0 Å². The summed E-state index contributed by atoms with van der Waals surface area (Å²) in [4.78, 5) is 21.3. The van der Waals surface area contributed by atoms with Gasteiger partial charge >= 0.3 is 0 Å². The van der Waals surface area contributed by atoms with E-state index in [1.165, 1.54) is 6.08 Å². The predicted molar refractivity (Wildman–Crippen MR) is 58.1 cm³/mol. The summed E-state index contributed by atoms with van der Waals surface area (Å²) in [5.74, 6) is -1.49. The van der Waals surface area contributed by atoms with Crippen LogP contribution in [0.25, 0.3) is 6.08 Å². The largest absolute Gasteiger partial charge is 0.550 e. The van der Waals surface area contributed by atoms with Crippen molar-refractivity contribution in [2.45, 2.75) is 6.42 Å². The Morgan fingerprint density at radius 1 is 1.25 bits per heavy atom. The molecule has 0 saturated carbocycles. The summed E-state index contributed by atoms with van der Waals surface area (Å²) in [6, 6.07) is 9.36. The van der Waals surface area contributed by atoms with Crippen molar-refractivity contribution in [2.24, 2.45) is 0 Å². The molecule has 0 spiro atoms. The maximum Gasteiger partial charge on any atom is 0.244 e. The number of nitrogens with one attached hydrogen (secondary N) is 1. The number of amides is 1. The minimum Gasteiger partial charge on any atom is -0.550 e. The maximum absolute atomic E-state index is 11.2. The van der Waals surface area contributed by atoms with Gasteiger partial charge in [0, 0.05) is 25.0 Å². The molecule has 0 aliphatic carbocycles. The van der Waals surface area contributed by atoms with Gasteiger partial charge in [0.15, 0.2) is 0 Å². The van der Waals surface area contributed by atoms with Gasteiger partial charge in [-0.15, -0.1) is 0 Å². The topological polar surface area (TPSA) is 69.2 Å². The SMILES string of the molecule is O=C([O-])CCNC(=O)C=Cc1ccccc1. The highest BCUT2D eigenvalue weighted by Crippen LogP contribution is 2.00. The lowest BCUT2D eigenvalue weighted by Crippen LogP contribution is -2.30. The standard InChI is InChI=1S/C12H13NO3/c14-11(13-9-8-12(15)16)7-6-10-4-2-1-3-5-10/h1-7H,8-9H2,(H,13,14)(H,15,16)/p-1. The highest BCUT2D eigenvalue weighted by molar-refractivity contribution is 5.91.